The first-order valence-corrected chi connectivity index (χ1v) is 37.5. The molecule has 0 bridgehead atoms. The average molecular weight is 1530 g/mol. The second-order valence-corrected chi connectivity index (χ2v) is 29.1. The summed E-state index contributed by atoms with van der Waals surface area (Å²) in [5, 5.41) is 56.4. The van der Waals surface area contributed by atoms with Crippen LogP contribution in [0.25, 0.3) is 0 Å². The van der Waals surface area contributed by atoms with Gasteiger partial charge in [0.1, 0.15) is 78.0 Å². The minimum Gasteiger partial charge on any atom is -0.508 e. The highest BCUT2D eigenvalue weighted by Gasteiger charge is 2.43. The number of nitrogens with two attached hydrogens (primary N) is 6. The number of carboxylic acids is 1. The van der Waals surface area contributed by atoms with E-state index in [0.29, 0.717) is 43.2 Å². The maximum absolute atomic E-state index is 15.1. The van der Waals surface area contributed by atoms with Gasteiger partial charge >= 0.3 is 5.97 Å². The van der Waals surface area contributed by atoms with Crippen LogP contribution in [0.4, 0.5) is 0 Å². The minimum atomic E-state index is -1.68. The molecule has 1 heterocycles. The van der Waals surface area contributed by atoms with Crippen LogP contribution >= 0.6 is 0 Å². The van der Waals surface area contributed by atoms with E-state index >= 15 is 4.79 Å². The number of guanidine groups is 1. The molecule has 0 radical (unpaired) electrons. The molecule has 1 aliphatic heterocycles. The molecule has 1 fully saturated rings. The molecule has 2 aromatic rings. The Morgan fingerprint density at radius 3 is 1.38 bits per heavy atom. The van der Waals surface area contributed by atoms with E-state index in [2.05, 4.69) is 58.2 Å². The number of phenols is 2. The first kappa shape index (κ1) is 93.0. The Bertz CT molecular complexity index is 3410. The van der Waals surface area contributed by atoms with Gasteiger partial charge in [0.2, 0.25) is 76.8 Å². The fourth-order valence-electron chi connectivity index (χ4n) is 12.2. The van der Waals surface area contributed by atoms with Gasteiger partial charge < -0.3 is 108 Å². The third kappa shape index (κ3) is 32.3. The van der Waals surface area contributed by atoms with Crippen LogP contribution in [0.3, 0.4) is 0 Å². The van der Waals surface area contributed by atoms with Gasteiger partial charge in [-0.1, -0.05) is 113 Å². The van der Waals surface area contributed by atoms with Gasteiger partial charge in [-0.25, -0.2) is 4.79 Å². The Labute approximate surface area is 637 Å². The number of primary amides is 2. The maximum Gasteiger partial charge on any atom is 0.326 e. The van der Waals surface area contributed by atoms with Crippen molar-refractivity contribution in [1.29, 1.82) is 0 Å². The SMILES string of the molecule is CC[C@H](C)[C@H](NC(=O)[C@H](CC(N)=O)NC(=O)[C@H](CCCCN)NC(=O)[C@H](Cc1ccc(O)cc1)NC(=O)[C@@H](NC(=O)[C@@H]1CCCN1C(=O)[C@H](CCCN=C(N)N)NC(=O)[C@@H](NC(=O)[C@H](CC(C)C)NC(=O)[C@H](CC(C)C)NC(=O)[C@H](CCC(N)=O)NC(=O)[C@@H](N)Cc1ccc(O)cc1)[C@@H](C)CC)[C@@H](C)CC)C(=O)O. The van der Waals surface area contributed by atoms with E-state index in [1.165, 1.54) is 41.3 Å². The number of carbonyl (C=O) groups excluding carboxylic acids is 13. The third-order valence-corrected chi connectivity index (χ3v) is 19.1. The number of carbonyl (C=O) groups is 14. The van der Waals surface area contributed by atoms with E-state index in [-0.39, 0.29) is 120 Å². The second-order valence-electron chi connectivity index (χ2n) is 29.1. The molecule has 13 amide bonds. The van der Waals surface area contributed by atoms with Crippen molar-refractivity contribution in [1.82, 2.24) is 58.1 Å². The maximum atomic E-state index is 15.1. The molecule has 2 aromatic carbocycles. The summed E-state index contributed by atoms with van der Waals surface area (Å²) < 4.78 is 0. The van der Waals surface area contributed by atoms with Crippen LogP contribution in [0.5, 0.6) is 11.5 Å². The van der Waals surface area contributed by atoms with E-state index in [4.69, 9.17) is 34.4 Å². The summed E-state index contributed by atoms with van der Waals surface area (Å²) in [7, 11) is 0. The lowest BCUT2D eigenvalue weighted by molar-refractivity contribution is -0.144. The first-order valence-electron chi connectivity index (χ1n) is 37.5. The highest BCUT2D eigenvalue weighted by molar-refractivity contribution is 6.00. The van der Waals surface area contributed by atoms with Crippen LogP contribution in [0, 0.1) is 29.6 Å². The first-order chi connectivity index (χ1) is 51.3. The molecule has 109 heavy (non-hydrogen) atoms. The summed E-state index contributed by atoms with van der Waals surface area (Å²) in [6, 6.07) is -4.92. The fourth-order valence-corrected chi connectivity index (χ4v) is 12.2. The fraction of sp³-hybridized carbons (Fsp3) is 0.635. The van der Waals surface area contributed by atoms with Gasteiger partial charge in [-0.15, -0.1) is 0 Å². The number of nitrogens with one attached hydrogen (secondary N) is 10. The topological polar surface area (TPSA) is 592 Å². The van der Waals surface area contributed by atoms with Crippen LogP contribution in [0.2, 0.25) is 0 Å². The van der Waals surface area contributed by atoms with Crippen molar-refractivity contribution in [3.8, 4) is 11.5 Å². The van der Waals surface area contributed by atoms with Crippen LogP contribution in [0.1, 0.15) is 177 Å². The molecule has 608 valence electrons. The summed E-state index contributed by atoms with van der Waals surface area (Å²) in [6.45, 7) is 17.6. The molecule has 15 atom stereocenters. The number of rotatable bonds is 49. The van der Waals surface area contributed by atoms with Gasteiger partial charge in [-0.2, -0.15) is 0 Å². The van der Waals surface area contributed by atoms with Crippen molar-refractivity contribution >= 4 is 88.7 Å². The zero-order valence-electron chi connectivity index (χ0n) is 64.5. The van der Waals surface area contributed by atoms with E-state index in [9.17, 15) is 77.6 Å². The third-order valence-electron chi connectivity index (χ3n) is 19.1. The molecule has 0 aliphatic carbocycles. The van der Waals surface area contributed by atoms with Crippen molar-refractivity contribution in [2.45, 2.75) is 251 Å². The molecule has 35 heteroatoms. The molecule has 35 nitrogen and oxygen atoms in total. The Kier molecular flexibility index (Phi) is 40.0. The number of aromatic hydroxyl groups is 2. The Hall–Kier alpha value is -10.2. The molecule has 1 saturated heterocycles. The average Bonchev–Trinajstić information content (AvgIpc) is 1.75. The van der Waals surface area contributed by atoms with Crippen molar-refractivity contribution in [3.63, 3.8) is 0 Å². The Balaban J connectivity index is 1.98. The van der Waals surface area contributed by atoms with Crippen LogP contribution in [0.15, 0.2) is 53.5 Å². The Morgan fingerprint density at radius 1 is 0.477 bits per heavy atom. The molecule has 25 N–H and O–H groups in total. The lowest BCUT2D eigenvalue weighted by Gasteiger charge is -2.33. The number of aliphatic carboxylic acids is 1. The van der Waals surface area contributed by atoms with Gasteiger partial charge in [0.15, 0.2) is 5.96 Å². The summed E-state index contributed by atoms with van der Waals surface area (Å²) >= 11 is 0. The zero-order chi connectivity index (χ0) is 81.9. The smallest absolute Gasteiger partial charge is 0.326 e. The summed E-state index contributed by atoms with van der Waals surface area (Å²) in [5.41, 5.74) is 35.3. The lowest BCUT2D eigenvalue weighted by atomic mass is 9.95. The second kappa shape index (κ2) is 46.9. The van der Waals surface area contributed by atoms with Crippen molar-refractivity contribution < 1.29 is 82.4 Å². The molecule has 0 aromatic heterocycles. The molecular weight excluding hydrogens is 1410 g/mol. The number of amides is 13. The molecule has 0 saturated carbocycles. The molecule has 0 spiro atoms. The van der Waals surface area contributed by atoms with Gasteiger partial charge in [-0.3, -0.25) is 67.3 Å². The summed E-state index contributed by atoms with van der Waals surface area (Å²) in [4.78, 5) is 201. The number of phenolic OH excluding ortho intramolecular Hbond substituents is 2. The minimum absolute atomic E-state index is 0.00144. The molecule has 3 rings (SSSR count). The van der Waals surface area contributed by atoms with Crippen molar-refractivity contribution in [3.05, 3.63) is 59.7 Å². The summed E-state index contributed by atoms with van der Waals surface area (Å²) in [5.74, 6) is -15.1. The molecular formula is C74H120N18O17. The van der Waals surface area contributed by atoms with Crippen LogP contribution in [-0.2, 0) is 80.0 Å². The largest absolute Gasteiger partial charge is 0.508 e. The lowest BCUT2D eigenvalue weighted by Crippen LogP contribution is -2.62. The van der Waals surface area contributed by atoms with Gasteiger partial charge in [0, 0.05) is 25.9 Å². The highest BCUT2D eigenvalue weighted by atomic mass is 16.4. The van der Waals surface area contributed by atoms with Gasteiger partial charge in [0.05, 0.1) is 12.5 Å². The van der Waals surface area contributed by atoms with Crippen LogP contribution in [-0.4, -0.2) is 201 Å². The number of benzene rings is 2. The predicted octanol–water partition coefficient (Wildman–Crippen LogP) is -1.31. The van der Waals surface area contributed by atoms with E-state index < -0.39 is 179 Å². The number of carboxylic acid groups (broad SMARTS) is 1. The van der Waals surface area contributed by atoms with E-state index in [0.717, 1.165) is 0 Å². The molecule has 1 aliphatic rings. The molecule has 0 unspecified atom stereocenters. The predicted molar refractivity (Wildman–Crippen MR) is 406 cm³/mol. The Morgan fingerprint density at radius 2 is 0.890 bits per heavy atom. The van der Waals surface area contributed by atoms with Crippen molar-refractivity contribution in [2.75, 3.05) is 19.6 Å². The highest BCUT2D eigenvalue weighted by Crippen LogP contribution is 2.23. The van der Waals surface area contributed by atoms with Crippen molar-refractivity contribution in [2.24, 2.45) is 69.0 Å². The quantitative estimate of drug-likeness (QED) is 0.0208. The normalized spacial score (nSPS) is 16.5. The van der Waals surface area contributed by atoms with E-state index in [1.807, 2.05) is 0 Å². The van der Waals surface area contributed by atoms with Gasteiger partial charge in [0.25, 0.3) is 0 Å². The number of hydrogen-bond donors (Lipinski definition) is 19. The standard InChI is InChI=1S/C74H120N18O17/c1-11-41(8)59(89-67(102)53(35-40(6)7)86-65(100)52(34-39(4)5)85-64(99)50(29-30-57(77)95)82-62(97)48(76)36-44-21-25-46(93)26-22-44)70(105)84-51(19-16-32-81-74(79)80)72(107)92-33-17-20-56(92)69(104)90-60(42(9)12-2)71(106)88-54(37-45-23-27-47(94)28-24-45)66(101)83-49(18-14-15-31-75)63(98)87-55(38-58(78)96)68(103)91-61(73(108)109)43(10)13-3/h21-28,39-43,48-56,59-61,93-94H,11-20,29-38,75-76H2,1-10H3,(H2,77,95)(H2,78,96)(H,82,97)(H,83,101)(H,84,105)(H,85,99)(H,86,100)(H,87,98)(H,88,106)(H,89,102)(H,90,104)(H,91,103)(H,108,109)(H4,79,80,81)/t41-,42-,43-,48-,49-,50-,51-,52-,53-,54-,55-,56-,59-,60-,61-/m0/s1. The number of unbranched alkanes of at least 4 members (excludes halogenated alkanes) is 1. The van der Waals surface area contributed by atoms with E-state index in [1.54, 1.807) is 81.4 Å². The number of nitrogens with zero attached hydrogens (tertiary/aromatic N) is 2. The number of aliphatic imine (C=N–C) groups is 1. The zero-order valence-corrected chi connectivity index (χ0v) is 64.5. The number of hydrogen-bond acceptors (Lipinski definition) is 19. The summed E-state index contributed by atoms with van der Waals surface area (Å²) in [6.07, 6.45) is 0.434. The van der Waals surface area contributed by atoms with Gasteiger partial charge in [-0.05, 0) is 142 Å². The monoisotopic (exact) mass is 1530 g/mol. The van der Waals surface area contributed by atoms with Crippen LogP contribution < -0.4 is 87.6 Å². The number of likely N-dealkylation sites (tertiary alicyclic amines) is 1.